The Morgan fingerprint density at radius 3 is 1.90 bits per heavy atom. The lowest BCUT2D eigenvalue weighted by Crippen LogP contribution is -2.11. The van der Waals surface area contributed by atoms with Gasteiger partial charge in [0.2, 0.25) is 0 Å². The largest absolute Gasteiger partial charge is 0.497 e. The molecule has 4 nitrogen and oxygen atoms in total. The van der Waals surface area contributed by atoms with E-state index >= 15 is 0 Å². The molecule has 0 unspecified atom stereocenters. The Hall–Kier alpha value is -1.43. The van der Waals surface area contributed by atoms with Crippen LogP contribution in [0.25, 0.3) is 0 Å². The highest BCUT2D eigenvalue weighted by atomic mass is 35.5. The molecule has 0 amide bonds. The molecule has 0 aliphatic heterocycles. The summed E-state index contributed by atoms with van der Waals surface area (Å²) < 4.78 is 34.3. The Morgan fingerprint density at radius 1 is 0.900 bits per heavy atom. The minimum absolute atomic E-state index is 0.00557. The number of rotatable bonds is 4. The molecule has 0 spiro atoms. The fourth-order valence-corrected chi connectivity index (χ4v) is 3.55. The second kappa shape index (κ2) is 5.91. The summed E-state index contributed by atoms with van der Waals surface area (Å²) in [5, 5.41) is 0.0111. The molecule has 0 saturated carbocycles. The van der Waals surface area contributed by atoms with Crippen molar-refractivity contribution in [3.05, 3.63) is 52.5 Å². The molecule has 0 aliphatic carbocycles. The van der Waals surface area contributed by atoms with Crippen molar-refractivity contribution >= 4 is 33.3 Å². The normalized spacial score (nSPS) is 11.2. The molecule has 106 valence electrons. The Balaban J connectivity index is 2.35. The summed E-state index contributed by atoms with van der Waals surface area (Å²) in [6, 6.07) is 10.5. The van der Waals surface area contributed by atoms with E-state index in [1.54, 1.807) is 18.2 Å². The van der Waals surface area contributed by atoms with Gasteiger partial charge in [-0.05, 0) is 36.4 Å². The number of benzene rings is 2. The number of ether oxygens (including phenoxy) is 1. The van der Waals surface area contributed by atoms with Crippen molar-refractivity contribution in [3.8, 4) is 11.5 Å². The van der Waals surface area contributed by atoms with Gasteiger partial charge in [-0.3, -0.25) is 0 Å². The highest BCUT2D eigenvalue weighted by Crippen LogP contribution is 2.31. The first-order valence-corrected chi connectivity index (χ1v) is 7.63. The number of hydrogen-bond acceptors (Lipinski definition) is 4. The fourth-order valence-electron chi connectivity index (χ4n) is 1.52. The van der Waals surface area contributed by atoms with E-state index < -0.39 is 10.1 Å². The zero-order valence-corrected chi connectivity index (χ0v) is 12.7. The smallest absolute Gasteiger partial charge is 0.342 e. The predicted octanol–water partition coefficient (Wildman–Crippen LogP) is 3.77. The summed E-state index contributed by atoms with van der Waals surface area (Å²) in [6.07, 6.45) is 0. The van der Waals surface area contributed by atoms with Crippen LogP contribution in [0.15, 0.2) is 47.4 Å². The molecule has 0 saturated heterocycles. The van der Waals surface area contributed by atoms with Gasteiger partial charge < -0.3 is 8.92 Å². The minimum Gasteiger partial charge on any atom is -0.497 e. The monoisotopic (exact) mass is 332 g/mol. The van der Waals surface area contributed by atoms with Crippen LogP contribution in [0, 0.1) is 0 Å². The topological polar surface area (TPSA) is 52.6 Å². The van der Waals surface area contributed by atoms with E-state index in [0.29, 0.717) is 5.75 Å². The first-order chi connectivity index (χ1) is 9.44. The quantitative estimate of drug-likeness (QED) is 0.799. The third-order valence-electron chi connectivity index (χ3n) is 2.43. The fraction of sp³-hybridized carbons (Fsp3) is 0.0769. The zero-order valence-electron chi connectivity index (χ0n) is 10.3. The molecule has 0 heterocycles. The van der Waals surface area contributed by atoms with Crippen LogP contribution < -0.4 is 8.92 Å². The van der Waals surface area contributed by atoms with Crippen molar-refractivity contribution in [2.75, 3.05) is 7.11 Å². The first-order valence-electron chi connectivity index (χ1n) is 5.46. The Bertz CT molecular complexity index is 691. The highest BCUT2D eigenvalue weighted by molar-refractivity contribution is 7.87. The Kier molecular flexibility index (Phi) is 4.42. The highest BCUT2D eigenvalue weighted by Gasteiger charge is 2.23. The summed E-state index contributed by atoms with van der Waals surface area (Å²) in [7, 11) is -2.59. The first kappa shape index (κ1) is 15.0. The van der Waals surface area contributed by atoms with Crippen molar-refractivity contribution in [1.82, 2.24) is 0 Å². The third-order valence-corrected chi connectivity index (χ3v) is 4.64. The molecular formula is C13H10Cl2O4S. The summed E-state index contributed by atoms with van der Waals surface area (Å²) in [5.41, 5.74) is 0. The minimum atomic E-state index is -4.10. The van der Waals surface area contributed by atoms with Crippen molar-refractivity contribution in [3.63, 3.8) is 0 Å². The molecule has 0 fully saturated rings. The molecule has 0 N–H and O–H groups in total. The molecule has 0 radical (unpaired) electrons. The molecule has 2 aromatic carbocycles. The lowest BCUT2D eigenvalue weighted by Gasteiger charge is -2.10. The third kappa shape index (κ3) is 3.17. The zero-order chi connectivity index (χ0) is 14.8. The predicted molar refractivity (Wildman–Crippen MR) is 77.3 cm³/mol. The molecule has 0 aromatic heterocycles. The van der Waals surface area contributed by atoms with Crippen molar-refractivity contribution in [1.29, 1.82) is 0 Å². The van der Waals surface area contributed by atoms with Gasteiger partial charge in [0.25, 0.3) is 0 Å². The van der Waals surface area contributed by atoms with E-state index in [-0.39, 0.29) is 20.7 Å². The lowest BCUT2D eigenvalue weighted by atomic mass is 10.3. The maximum atomic E-state index is 12.2. The van der Waals surface area contributed by atoms with Crippen LogP contribution in [0.1, 0.15) is 0 Å². The summed E-state index contributed by atoms with van der Waals surface area (Å²) >= 11 is 11.7. The van der Waals surface area contributed by atoms with E-state index in [0.717, 1.165) is 0 Å². The summed E-state index contributed by atoms with van der Waals surface area (Å²) in [4.78, 5) is -0.251. The van der Waals surface area contributed by atoms with E-state index in [9.17, 15) is 8.42 Å². The molecule has 0 atom stereocenters. The second-order valence-corrected chi connectivity index (χ2v) is 6.06. The summed E-state index contributed by atoms with van der Waals surface area (Å²) in [6.45, 7) is 0. The van der Waals surface area contributed by atoms with E-state index in [1.165, 1.54) is 31.4 Å². The van der Waals surface area contributed by atoms with Crippen LogP contribution in [0.2, 0.25) is 10.0 Å². The van der Waals surface area contributed by atoms with Crippen molar-refractivity contribution in [2.24, 2.45) is 0 Å². The van der Waals surface area contributed by atoms with Gasteiger partial charge in [0.05, 0.1) is 17.2 Å². The van der Waals surface area contributed by atoms with Gasteiger partial charge in [0.1, 0.15) is 16.4 Å². The standard InChI is InChI=1S/C13H10Cl2O4S/c1-18-9-5-7-10(8-6-9)19-20(16,17)13-11(14)3-2-4-12(13)15/h2-8H,1H3. The molecule has 2 rings (SSSR count). The number of methoxy groups -OCH3 is 1. The van der Waals surface area contributed by atoms with Crippen LogP contribution in [0.4, 0.5) is 0 Å². The SMILES string of the molecule is COc1ccc(OS(=O)(=O)c2c(Cl)cccc2Cl)cc1. The van der Waals surface area contributed by atoms with Gasteiger partial charge in [0.15, 0.2) is 0 Å². The van der Waals surface area contributed by atoms with Crippen LogP contribution >= 0.6 is 23.2 Å². The Morgan fingerprint density at radius 2 is 1.40 bits per heavy atom. The van der Waals surface area contributed by atoms with Gasteiger partial charge in [-0.15, -0.1) is 0 Å². The van der Waals surface area contributed by atoms with Gasteiger partial charge in [-0.2, -0.15) is 8.42 Å². The van der Waals surface area contributed by atoms with Gasteiger partial charge in [0, 0.05) is 0 Å². The van der Waals surface area contributed by atoms with E-state index in [4.69, 9.17) is 32.1 Å². The molecular weight excluding hydrogens is 323 g/mol. The van der Waals surface area contributed by atoms with Crippen molar-refractivity contribution in [2.45, 2.75) is 4.90 Å². The van der Waals surface area contributed by atoms with Crippen molar-refractivity contribution < 1.29 is 17.3 Å². The molecule has 0 bridgehead atoms. The molecule has 7 heteroatoms. The van der Waals surface area contributed by atoms with Gasteiger partial charge in [-0.1, -0.05) is 29.3 Å². The van der Waals surface area contributed by atoms with Crippen LogP contribution in [0.3, 0.4) is 0 Å². The van der Waals surface area contributed by atoms with Crippen LogP contribution in [-0.4, -0.2) is 15.5 Å². The van der Waals surface area contributed by atoms with E-state index in [1.807, 2.05) is 0 Å². The molecule has 2 aromatic rings. The average Bonchev–Trinajstić information content (AvgIpc) is 2.38. The second-order valence-electron chi connectivity index (χ2n) is 3.76. The molecule has 20 heavy (non-hydrogen) atoms. The lowest BCUT2D eigenvalue weighted by molar-refractivity contribution is 0.413. The van der Waals surface area contributed by atoms with E-state index in [2.05, 4.69) is 0 Å². The molecule has 0 aliphatic rings. The summed E-state index contributed by atoms with van der Waals surface area (Å²) in [5.74, 6) is 0.729. The van der Waals surface area contributed by atoms with Gasteiger partial charge in [-0.25, -0.2) is 0 Å². The number of hydrogen-bond donors (Lipinski definition) is 0. The maximum Gasteiger partial charge on any atom is 0.342 e. The van der Waals surface area contributed by atoms with Crippen LogP contribution in [-0.2, 0) is 10.1 Å². The average molecular weight is 333 g/mol. The van der Waals surface area contributed by atoms with Crippen LogP contribution in [0.5, 0.6) is 11.5 Å². The number of halogens is 2. The maximum absolute atomic E-state index is 12.2. The Labute approximate surface area is 127 Å². The van der Waals surface area contributed by atoms with Gasteiger partial charge >= 0.3 is 10.1 Å².